The molecule has 0 aliphatic carbocycles. The summed E-state index contributed by atoms with van der Waals surface area (Å²) in [6.07, 6.45) is 3.42. The van der Waals surface area contributed by atoms with Gasteiger partial charge in [0.1, 0.15) is 0 Å². The van der Waals surface area contributed by atoms with E-state index in [9.17, 15) is 0 Å². The Balaban J connectivity index is -0.000000264. The predicted octanol–water partition coefficient (Wildman–Crippen LogP) is 4.82. The molecule has 134 valence electrons. The number of aryl methyl sites for hydroxylation is 1. The van der Waals surface area contributed by atoms with E-state index in [0.717, 1.165) is 5.56 Å². The van der Waals surface area contributed by atoms with Crippen LogP contribution in [0.3, 0.4) is 0 Å². The van der Waals surface area contributed by atoms with Crippen molar-refractivity contribution in [1.82, 2.24) is 9.78 Å². The second kappa shape index (κ2) is 22.6. The molecule has 0 unspecified atom stereocenters. The molecule has 0 saturated carbocycles. The molecule has 0 saturated heterocycles. The molecule has 1 N–H and O–H groups in total. The highest BCUT2D eigenvalue weighted by Gasteiger charge is 1.89. The number of aromatic nitrogens is 2. The molecular formula is C19H36N2O2. The van der Waals surface area contributed by atoms with Gasteiger partial charge < -0.3 is 9.84 Å². The molecule has 0 aliphatic rings. The average molecular weight is 325 g/mol. The minimum absolute atomic E-state index is 0.0772. The lowest BCUT2D eigenvalue weighted by Crippen LogP contribution is -1.84. The van der Waals surface area contributed by atoms with Crippen LogP contribution >= 0.6 is 0 Å². The highest BCUT2D eigenvalue weighted by atomic mass is 16.5. The van der Waals surface area contributed by atoms with E-state index in [1.807, 2.05) is 78.9 Å². The number of aliphatic hydroxyl groups excluding tert-OH is 1. The van der Waals surface area contributed by atoms with Crippen LogP contribution in [0.2, 0.25) is 0 Å². The highest BCUT2D eigenvalue weighted by Crippen LogP contribution is 1.98. The standard InChI is InChI=1S/C8H10O.C5H8N2O.3C2H6/c1-9-7-8-5-3-2-4-6-8;1-7-3-5(4-8)2-6-7;3*1-2/h2-6H,7H2,1H3;2-3,8H,4H2,1H3;3*1-2H3. The van der Waals surface area contributed by atoms with Crippen LogP contribution in [0.1, 0.15) is 52.7 Å². The van der Waals surface area contributed by atoms with Gasteiger partial charge in [-0.25, -0.2) is 0 Å². The van der Waals surface area contributed by atoms with Crippen molar-refractivity contribution in [3.8, 4) is 0 Å². The molecular weight excluding hydrogens is 288 g/mol. The lowest BCUT2D eigenvalue weighted by Gasteiger charge is -1.95. The van der Waals surface area contributed by atoms with Crippen LogP contribution in [0.4, 0.5) is 0 Å². The van der Waals surface area contributed by atoms with Gasteiger partial charge >= 0.3 is 0 Å². The maximum Gasteiger partial charge on any atom is 0.0713 e. The zero-order valence-electron chi connectivity index (χ0n) is 16.2. The number of methoxy groups -OCH3 is 1. The number of nitrogens with zero attached hydrogens (tertiary/aromatic N) is 2. The van der Waals surface area contributed by atoms with Crippen molar-refractivity contribution >= 4 is 0 Å². The van der Waals surface area contributed by atoms with Crippen molar-refractivity contribution in [1.29, 1.82) is 0 Å². The molecule has 0 atom stereocenters. The molecule has 0 amide bonds. The van der Waals surface area contributed by atoms with E-state index in [1.165, 1.54) is 5.56 Å². The summed E-state index contributed by atoms with van der Waals surface area (Å²) in [4.78, 5) is 0. The molecule has 1 aromatic heterocycles. The highest BCUT2D eigenvalue weighted by molar-refractivity contribution is 5.13. The van der Waals surface area contributed by atoms with E-state index in [0.29, 0.717) is 6.61 Å². The normalized spacial score (nSPS) is 7.87. The summed E-state index contributed by atoms with van der Waals surface area (Å²) in [5.74, 6) is 0. The lowest BCUT2D eigenvalue weighted by molar-refractivity contribution is 0.185. The monoisotopic (exact) mass is 324 g/mol. The largest absolute Gasteiger partial charge is 0.392 e. The van der Waals surface area contributed by atoms with Crippen molar-refractivity contribution in [2.45, 2.75) is 54.8 Å². The molecule has 2 aromatic rings. The van der Waals surface area contributed by atoms with Gasteiger partial charge in [-0.05, 0) is 5.56 Å². The maximum absolute atomic E-state index is 8.50. The molecule has 4 nitrogen and oxygen atoms in total. The van der Waals surface area contributed by atoms with Crippen LogP contribution in [-0.2, 0) is 25.0 Å². The van der Waals surface area contributed by atoms with Crippen LogP contribution in [0, 0.1) is 0 Å². The van der Waals surface area contributed by atoms with E-state index in [4.69, 9.17) is 9.84 Å². The summed E-state index contributed by atoms with van der Waals surface area (Å²) < 4.78 is 6.59. The molecule has 0 spiro atoms. The molecule has 4 heteroatoms. The van der Waals surface area contributed by atoms with Gasteiger partial charge in [0, 0.05) is 25.9 Å². The topological polar surface area (TPSA) is 47.3 Å². The molecule has 1 heterocycles. The van der Waals surface area contributed by atoms with Crippen LogP contribution < -0.4 is 0 Å². The zero-order valence-corrected chi connectivity index (χ0v) is 16.2. The average Bonchev–Trinajstić information content (AvgIpc) is 3.08. The number of hydrogen-bond acceptors (Lipinski definition) is 3. The third-order valence-corrected chi connectivity index (χ3v) is 2.09. The summed E-state index contributed by atoms with van der Waals surface area (Å²) in [5.41, 5.74) is 2.08. The Morgan fingerprint density at radius 3 is 1.78 bits per heavy atom. The number of aliphatic hydroxyl groups is 1. The predicted molar refractivity (Wildman–Crippen MR) is 100 cm³/mol. The van der Waals surface area contributed by atoms with E-state index in [2.05, 4.69) is 5.10 Å². The summed E-state index contributed by atoms with van der Waals surface area (Å²) in [6, 6.07) is 10.1. The Hall–Kier alpha value is -1.65. The van der Waals surface area contributed by atoms with Crippen LogP contribution in [-0.4, -0.2) is 22.0 Å². The second-order valence-corrected chi connectivity index (χ2v) is 3.60. The van der Waals surface area contributed by atoms with Gasteiger partial charge in [0.15, 0.2) is 0 Å². The van der Waals surface area contributed by atoms with Gasteiger partial charge in [0.2, 0.25) is 0 Å². The fourth-order valence-corrected chi connectivity index (χ4v) is 1.29. The molecule has 0 aliphatic heterocycles. The van der Waals surface area contributed by atoms with Gasteiger partial charge in [-0.1, -0.05) is 71.9 Å². The Labute approximate surface area is 143 Å². The van der Waals surface area contributed by atoms with Crippen LogP contribution in [0.15, 0.2) is 42.7 Å². The van der Waals surface area contributed by atoms with E-state index >= 15 is 0 Å². The molecule has 0 radical (unpaired) electrons. The van der Waals surface area contributed by atoms with Crippen molar-refractivity contribution < 1.29 is 9.84 Å². The van der Waals surface area contributed by atoms with Gasteiger partial charge in [-0.2, -0.15) is 5.10 Å². The van der Waals surface area contributed by atoms with Gasteiger partial charge in [0.25, 0.3) is 0 Å². The summed E-state index contributed by atoms with van der Waals surface area (Å²) in [5, 5.41) is 12.3. The zero-order chi connectivity index (χ0) is 18.5. The second-order valence-electron chi connectivity index (χ2n) is 3.60. The SMILES string of the molecule is CC.CC.CC.COCc1ccccc1.Cn1cc(CO)cn1. The van der Waals surface area contributed by atoms with Crippen molar-refractivity contribution in [3.63, 3.8) is 0 Å². The van der Waals surface area contributed by atoms with Crippen LogP contribution in [0.25, 0.3) is 0 Å². The molecule has 2 rings (SSSR count). The van der Waals surface area contributed by atoms with Gasteiger partial charge in [0.05, 0.1) is 19.4 Å². The summed E-state index contributed by atoms with van der Waals surface area (Å²) in [6.45, 7) is 12.8. The van der Waals surface area contributed by atoms with E-state index in [1.54, 1.807) is 24.2 Å². The first-order valence-electron chi connectivity index (χ1n) is 8.37. The molecule has 0 bridgehead atoms. The van der Waals surface area contributed by atoms with Gasteiger partial charge in [-0.15, -0.1) is 0 Å². The minimum Gasteiger partial charge on any atom is -0.392 e. The quantitative estimate of drug-likeness (QED) is 0.880. The van der Waals surface area contributed by atoms with Crippen LogP contribution in [0.5, 0.6) is 0 Å². The van der Waals surface area contributed by atoms with E-state index in [-0.39, 0.29) is 6.61 Å². The molecule has 23 heavy (non-hydrogen) atoms. The number of hydrogen-bond donors (Lipinski definition) is 1. The van der Waals surface area contributed by atoms with E-state index < -0.39 is 0 Å². The fourth-order valence-electron chi connectivity index (χ4n) is 1.29. The first-order chi connectivity index (χ1) is 11.3. The Kier molecular flexibility index (Phi) is 25.8. The third-order valence-electron chi connectivity index (χ3n) is 2.09. The van der Waals surface area contributed by atoms with Crippen molar-refractivity contribution in [3.05, 3.63) is 53.9 Å². The molecule has 1 aromatic carbocycles. The minimum atomic E-state index is 0.0772. The molecule has 0 fully saturated rings. The fraction of sp³-hybridized carbons (Fsp3) is 0.526. The maximum atomic E-state index is 8.50. The first-order valence-corrected chi connectivity index (χ1v) is 8.37. The van der Waals surface area contributed by atoms with Crippen molar-refractivity contribution in [2.75, 3.05) is 7.11 Å². The summed E-state index contributed by atoms with van der Waals surface area (Å²) in [7, 11) is 3.52. The number of benzene rings is 1. The smallest absolute Gasteiger partial charge is 0.0713 e. The number of ether oxygens (including phenoxy) is 1. The summed E-state index contributed by atoms with van der Waals surface area (Å²) >= 11 is 0. The first kappa shape index (κ1) is 26.3. The Morgan fingerprint density at radius 1 is 0.957 bits per heavy atom. The Bertz CT molecular complexity index is 414. The Morgan fingerprint density at radius 2 is 1.48 bits per heavy atom. The van der Waals surface area contributed by atoms with Crippen molar-refractivity contribution in [2.24, 2.45) is 7.05 Å². The number of rotatable bonds is 3. The third kappa shape index (κ3) is 16.5. The van der Waals surface area contributed by atoms with Gasteiger partial charge in [-0.3, -0.25) is 4.68 Å². The lowest BCUT2D eigenvalue weighted by atomic mass is 10.2.